The van der Waals surface area contributed by atoms with Crippen LogP contribution in [0.3, 0.4) is 0 Å². The molecule has 0 unspecified atom stereocenters. The molecule has 0 bridgehead atoms. The number of rotatable bonds is 6. The van der Waals surface area contributed by atoms with Crippen LogP contribution < -0.4 is 5.32 Å². The minimum atomic E-state index is -0.208. The molecule has 1 aliphatic rings. The van der Waals surface area contributed by atoms with E-state index in [0.29, 0.717) is 10.9 Å². The van der Waals surface area contributed by atoms with Crippen LogP contribution in [0.1, 0.15) is 29.5 Å². The summed E-state index contributed by atoms with van der Waals surface area (Å²) in [6, 6.07) is 14.4. The van der Waals surface area contributed by atoms with E-state index < -0.39 is 0 Å². The number of aryl methyl sites for hydroxylation is 2. The molecule has 7 heteroatoms. The van der Waals surface area contributed by atoms with Gasteiger partial charge in [-0.1, -0.05) is 45.9 Å². The second-order valence-electron chi connectivity index (χ2n) is 7.18. The Labute approximate surface area is 177 Å². The van der Waals surface area contributed by atoms with Gasteiger partial charge in [0.1, 0.15) is 6.33 Å². The van der Waals surface area contributed by atoms with Crippen molar-refractivity contribution in [1.29, 1.82) is 0 Å². The minimum Gasteiger partial charge on any atom is -0.346 e. The summed E-state index contributed by atoms with van der Waals surface area (Å²) in [7, 11) is 0. The number of aromatic nitrogens is 3. The number of hydrogen-bond acceptors (Lipinski definition) is 4. The van der Waals surface area contributed by atoms with Crippen LogP contribution in [0.25, 0.3) is 5.69 Å². The highest BCUT2D eigenvalue weighted by atomic mass is 79.9. The number of nitrogens with one attached hydrogen (secondary N) is 1. The SMILES string of the molecule is Cc1ccc(-n2cnnc2SCC(=O)NC2(c3ccc(Br)cc3)CC2)cc1C. The van der Waals surface area contributed by atoms with Gasteiger partial charge in [0.2, 0.25) is 5.91 Å². The monoisotopic (exact) mass is 456 g/mol. The lowest BCUT2D eigenvalue weighted by Crippen LogP contribution is -2.36. The van der Waals surface area contributed by atoms with Crippen LogP contribution in [0.4, 0.5) is 0 Å². The lowest BCUT2D eigenvalue weighted by Gasteiger charge is -2.18. The van der Waals surface area contributed by atoms with Crippen molar-refractivity contribution in [2.75, 3.05) is 5.75 Å². The summed E-state index contributed by atoms with van der Waals surface area (Å²) in [6.07, 6.45) is 3.64. The molecule has 0 saturated heterocycles. The molecule has 1 saturated carbocycles. The normalized spacial score (nSPS) is 14.7. The van der Waals surface area contributed by atoms with E-state index in [1.165, 1.54) is 22.9 Å². The third kappa shape index (κ3) is 4.00. The van der Waals surface area contributed by atoms with Crippen molar-refractivity contribution >= 4 is 33.6 Å². The standard InChI is InChI=1S/C21H21BrN4OS/c1-14-3-8-18(11-15(14)2)26-13-23-25-20(26)28-12-19(27)24-21(9-10-21)16-4-6-17(22)7-5-16/h3-8,11,13H,9-10,12H2,1-2H3,(H,24,27). The summed E-state index contributed by atoms with van der Waals surface area (Å²) >= 11 is 4.86. The zero-order valence-electron chi connectivity index (χ0n) is 15.8. The van der Waals surface area contributed by atoms with Gasteiger partial charge >= 0.3 is 0 Å². The van der Waals surface area contributed by atoms with Crippen molar-refractivity contribution < 1.29 is 4.79 Å². The Morgan fingerprint density at radius 1 is 1.18 bits per heavy atom. The molecule has 1 N–H and O–H groups in total. The zero-order valence-corrected chi connectivity index (χ0v) is 18.2. The Hall–Kier alpha value is -2.12. The third-order valence-electron chi connectivity index (χ3n) is 5.14. The molecule has 28 heavy (non-hydrogen) atoms. The van der Waals surface area contributed by atoms with Crippen LogP contribution >= 0.6 is 27.7 Å². The third-order valence-corrected chi connectivity index (χ3v) is 6.61. The smallest absolute Gasteiger partial charge is 0.231 e. The molecule has 1 aliphatic carbocycles. The highest BCUT2D eigenvalue weighted by Crippen LogP contribution is 2.45. The first kappa shape index (κ1) is 19.2. The van der Waals surface area contributed by atoms with E-state index >= 15 is 0 Å². The molecule has 4 rings (SSSR count). The van der Waals surface area contributed by atoms with Gasteiger partial charge in [-0.2, -0.15) is 0 Å². The van der Waals surface area contributed by atoms with E-state index in [1.807, 2.05) is 22.8 Å². The van der Waals surface area contributed by atoms with Gasteiger partial charge < -0.3 is 5.32 Å². The first-order chi connectivity index (χ1) is 13.5. The van der Waals surface area contributed by atoms with Gasteiger partial charge in [0.15, 0.2) is 5.16 Å². The number of hydrogen-bond donors (Lipinski definition) is 1. The Morgan fingerprint density at radius 3 is 2.61 bits per heavy atom. The average Bonchev–Trinajstić information content (AvgIpc) is 3.30. The molecule has 1 aromatic heterocycles. The molecule has 1 heterocycles. The molecule has 0 aliphatic heterocycles. The molecule has 0 spiro atoms. The van der Waals surface area contributed by atoms with Crippen LogP contribution in [-0.4, -0.2) is 26.4 Å². The number of nitrogens with zero attached hydrogens (tertiary/aromatic N) is 3. The van der Waals surface area contributed by atoms with Crippen LogP contribution in [-0.2, 0) is 10.3 Å². The second kappa shape index (κ2) is 7.72. The van der Waals surface area contributed by atoms with Gasteiger partial charge in [-0.3, -0.25) is 9.36 Å². The van der Waals surface area contributed by atoms with Crippen molar-refractivity contribution in [3.8, 4) is 5.69 Å². The topological polar surface area (TPSA) is 59.8 Å². The van der Waals surface area contributed by atoms with Gasteiger partial charge in [0.05, 0.1) is 11.3 Å². The van der Waals surface area contributed by atoms with Crippen LogP contribution in [0.5, 0.6) is 0 Å². The Morgan fingerprint density at radius 2 is 1.93 bits per heavy atom. The maximum Gasteiger partial charge on any atom is 0.231 e. The average molecular weight is 457 g/mol. The molecular weight excluding hydrogens is 436 g/mol. The van der Waals surface area contributed by atoms with E-state index in [1.54, 1.807) is 6.33 Å². The van der Waals surface area contributed by atoms with Crippen LogP contribution in [0.2, 0.25) is 0 Å². The highest BCUT2D eigenvalue weighted by molar-refractivity contribution is 9.10. The van der Waals surface area contributed by atoms with E-state index in [-0.39, 0.29) is 11.4 Å². The molecule has 5 nitrogen and oxygen atoms in total. The van der Waals surface area contributed by atoms with Gasteiger partial charge in [-0.15, -0.1) is 10.2 Å². The fraction of sp³-hybridized carbons (Fsp3) is 0.286. The van der Waals surface area contributed by atoms with E-state index in [4.69, 9.17) is 0 Å². The maximum atomic E-state index is 12.6. The summed E-state index contributed by atoms with van der Waals surface area (Å²) in [5, 5.41) is 12.1. The first-order valence-electron chi connectivity index (χ1n) is 9.14. The predicted molar refractivity (Wildman–Crippen MR) is 115 cm³/mol. The summed E-state index contributed by atoms with van der Waals surface area (Å²) in [5.41, 5.74) is 4.41. The Bertz CT molecular complexity index is 1010. The van der Waals surface area contributed by atoms with Gasteiger partial charge in [-0.05, 0) is 67.6 Å². The van der Waals surface area contributed by atoms with E-state index in [2.05, 4.69) is 69.6 Å². The summed E-state index contributed by atoms with van der Waals surface area (Å²) in [4.78, 5) is 12.6. The largest absolute Gasteiger partial charge is 0.346 e. The molecule has 1 fully saturated rings. The number of thioether (sulfide) groups is 1. The number of benzene rings is 2. The lowest BCUT2D eigenvalue weighted by molar-refractivity contribution is -0.119. The Balaban J connectivity index is 1.41. The van der Waals surface area contributed by atoms with Crippen LogP contribution in [0.15, 0.2) is 58.4 Å². The van der Waals surface area contributed by atoms with Crippen molar-refractivity contribution in [2.24, 2.45) is 0 Å². The van der Waals surface area contributed by atoms with Crippen molar-refractivity contribution in [3.63, 3.8) is 0 Å². The molecule has 3 aromatic rings. The Kier molecular flexibility index (Phi) is 5.29. The molecule has 0 radical (unpaired) electrons. The highest BCUT2D eigenvalue weighted by Gasteiger charge is 2.45. The fourth-order valence-electron chi connectivity index (χ4n) is 3.19. The number of halogens is 1. The van der Waals surface area contributed by atoms with Gasteiger partial charge in [-0.25, -0.2) is 0 Å². The quantitative estimate of drug-likeness (QED) is 0.552. The van der Waals surface area contributed by atoms with Gasteiger partial charge in [0, 0.05) is 10.2 Å². The number of carbonyl (C=O) groups excluding carboxylic acids is 1. The molecule has 1 amide bonds. The van der Waals surface area contributed by atoms with Crippen LogP contribution in [0, 0.1) is 13.8 Å². The minimum absolute atomic E-state index is 0.0139. The summed E-state index contributed by atoms with van der Waals surface area (Å²) < 4.78 is 2.96. The molecule has 0 atom stereocenters. The predicted octanol–water partition coefficient (Wildman–Crippen LogP) is 4.54. The molecular formula is C21H21BrN4OS. The summed E-state index contributed by atoms with van der Waals surface area (Å²) in [6.45, 7) is 4.17. The first-order valence-corrected chi connectivity index (χ1v) is 10.9. The van der Waals surface area contributed by atoms with E-state index in [0.717, 1.165) is 28.6 Å². The second-order valence-corrected chi connectivity index (χ2v) is 9.04. The number of amides is 1. The summed E-state index contributed by atoms with van der Waals surface area (Å²) in [5.74, 6) is 0.321. The lowest BCUT2D eigenvalue weighted by atomic mass is 10.1. The van der Waals surface area contributed by atoms with Crippen molar-refractivity contribution in [2.45, 2.75) is 37.4 Å². The number of carbonyl (C=O) groups is 1. The maximum absolute atomic E-state index is 12.6. The molecule has 2 aromatic carbocycles. The zero-order chi connectivity index (χ0) is 19.7. The fourth-order valence-corrected chi connectivity index (χ4v) is 4.18. The van der Waals surface area contributed by atoms with Gasteiger partial charge in [0.25, 0.3) is 0 Å². The molecule has 144 valence electrons. The van der Waals surface area contributed by atoms with E-state index in [9.17, 15) is 4.79 Å². The van der Waals surface area contributed by atoms with Crippen molar-refractivity contribution in [3.05, 3.63) is 70.0 Å². The van der Waals surface area contributed by atoms with Crippen molar-refractivity contribution in [1.82, 2.24) is 20.1 Å².